The van der Waals surface area contributed by atoms with Crippen molar-refractivity contribution in [2.24, 2.45) is 0 Å². The van der Waals surface area contributed by atoms with Gasteiger partial charge in [-0.2, -0.15) is 0 Å². The molecule has 0 atom stereocenters. The molecule has 24 heavy (non-hydrogen) atoms. The van der Waals surface area contributed by atoms with Crippen LogP contribution in [0.5, 0.6) is 0 Å². The molecule has 8 heteroatoms. The average Bonchev–Trinajstić information content (AvgIpc) is 2.87. The quantitative estimate of drug-likeness (QED) is 0.599. The van der Waals surface area contributed by atoms with Crippen molar-refractivity contribution in [3.05, 3.63) is 35.6 Å². The molecule has 0 unspecified atom stereocenters. The molecule has 1 N–H and O–H groups in total. The Morgan fingerprint density at radius 1 is 1.08 bits per heavy atom. The van der Waals surface area contributed by atoms with E-state index in [1.54, 1.807) is 0 Å². The van der Waals surface area contributed by atoms with Crippen LogP contribution in [0.3, 0.4) is 0 Å². The molecule has 1 aliphatic rings. The largest absolute Gasteiger partial charge is 0.352 e. The van der Waals surface area contributed by atoms with Crippen molar-refractivity contribution in [3.8, 4) is 0 Å². The molecule has 1 aromatic rings. The molecule has 0 aromatic heterocycles. The molecule has 1 saturated heterocycles. The van der Waals surface area contributed by atoms with E-state index >= 15 is 0 Å². The summed E-state index contributed by atoms with van der Waals surface area (Å²) in [5.41, 5.74) is 0.349. The third-order valence-corrected chi connectivity index (χ3v) is 3.40. The number of halogens is 1. The molecule has 1 aliphatic heterocycles. The molecule has 0 bridgehead atoms. The van der Waals surface area contributed by atoms with E-state index in [-0.39, 0.29) is 25.2 Å². The normalized spacial score (nSPS) is 14.0. The van der Waals surface area contributed by atoms with Gasteiger partial charge in [-0.1, -0.05) is 0 Å². The monoisotopic (exact) mass is 336 g/mol. The first-order chi connectivity index (χ1) is 11.5. The van der Waals surface area contributed by atoms with E-state index in [1.165, 1.54) is 24.3 Å². The van der Waals surface area contributed by atoms with Crippen molar-refractivity contribution in [2.45, 2.75) is 32.1 Å². The molecule has 7 nitrogen and oxygen atoms in total. The molecule has 0 radical (unpaired) electrons. The summed E-state index contributed by atoms with van der Waals surface area (Å²) in [6.07, 6.45) is 1.09. The summed E-state index contributed by atoms with van der Waals surface area (Å²) in [5.74, 6) is -2.44. The molecule has 3 amide bonds. The summed E-state index contributed by atoms with van der Waals surface area (Å²) in [6, 6.07) is 5.16. The van der Waals surface area contributed by atoms with Crippen LogP contribution in [0.1, 0.15) is 42.5 Å². The van der Waals surface area contributed by atoms with Crippen molar-refractivity contribution in [1.29, 1.82) is 0 Å². The predicted octanol–water partition coefficient (Wildman–Crippen LogP) is 1.33. The standard InChI is InChI=1S/C16H17FN2O5/c17-12-6-4-11(5-7-12)16(23)18-10-2-1-3-15(22)24-19-13(20)8-9-14(19)21/h4-7H,1-3,8-10H2,(H,18,23). The van der Waals surface area contributed by atoms with Gasteiger partial charge in [-0.25, -0.2) is 9.18 Å². The fourth-order valence-electron chi connectivity index (χ4n) is 2.10. The van der Waals surface area contributed by atoms with E-state index in [9.17, 15) is 23.6 Å². The van der Waals surface area contributed by atoms with Crippen molar-refractivity contribution in [2.75, 3.05) is 6.54 Å². The zero-order valence-electron chi connectivity index (χ0n) is 12.9. The van der Waals surface area contributed by atoms with Gasteiger partial charge in [-0.05, 0) is 37.1 Å². The number of amides is 3. The van der Waals surface area contributed by atoms with Gasteiger partial charge < -0.3 is 10.2 Å². The summed E-state index contributed by atoms with van der Waals surface area (Å²) in [5, 5.41) is 3.16. The number of unbranched alkanes of at least 4 members (excludes halogenated alkanes) is 1. The van der Waals surface area contributed by atoms with Crippen LogP contribution in [-0.4, -0.2) is 35.3 Å². The molecule has 2 rings (SSSR count). The van der Waals surface area contributed by atoms with Crippen LogP contribution in [0, 0.1) is 5.82 Å². The maximum atomic E-state index is 12.8. The van der Waals surface area contributed by atoms with Gasteiger partial charge in [0.05, 0.1) is 0 Å². The van der Waals surface area contributed by atoms with Gasteiger partial charge in [0.1, 0.15) is 5.82 Å². The Labute approximate surface area is 137 Å². The van der Waals surface area contributed by atoms with Crippen molar-refractivity contribution < 1.29 is 28.4 Å². The second-order valence-corrected chi connectivity index (χ2v) is 5.27. The number of carbonyl (C=O) groups excluding carboxylic acids is 4. The Balaban J connectivity index is 1.61. The number of benzene rings is 1. The van der Waals surface area contributed by atoms with E-state index in [2.05, 4.69) is 5.32 Å². The van der Waals surface area contributed by atoms with Crippen LogP contribution in [0.4, 0.5) is 4.39 Å². The Bertz CT molecular complexity index is 628. The highest BCUT2D eigenvalue weighted by Crippen LogP contribution is 2.13. The Hall–Kier alpha value is -2.77. The number of hydrogen-bond acceptors (Lipinski definition) is 5. The topological polar surface area (TPSA) is 92.8 Å². The molecule has 0 spiro atoms. The van der Waals surface area contributed by atoms with Crippen molar-refractivity contribution in [1.82, 2.24) is 10.4 Å². The number of nitrogens with zero attached hydrogens (tertiary/aromatic N) is 1. The van der Waals surface area contributed by atoms with Gasteiger partial charge in [0.2, 0.25) is 0 Å². The van der Waals surface area contributed by atoms with Crippen molar-refractivity contribution in [3.63, 3.8) is 0 Å². The second-order valence-electron chi connectivity index (χ2n) is 5.27. The molecular weight excluding hydrogens is 319 g/mol. The Kier molecular flexibility index (Phi) is 6.00. The third kappa shape index (κ3) is 4.87. The molecule has 0 aliphatic carbocycles. The Morgan fingerprint density at radius 3 is 2.33 bits per heavy atom. The van der Waals surface area contributed by atoms with Crippen LogP contribution in [0.2, 0.25) is 0 Å². The van der Waals surface area contributed by atoms with Gasteiger partial charge in [-0.3, -0.25) is 14.4 Å². The summed E-state index contributed by atoms with van der Waals surface area (Å²) >= 11 is 0. The van der Waals surface area contributed by atoms with E-state index in [0.29, 0.717) is 30.0 Å². The molecular formula is C16H17FN2O5. The van der Waals surface area contributed by atoms with E-state index in [0.717, 1.165) is 0 Å². The molecule has 0 saturated carbocycles. The number of rotatable bonds is 7. The summed E-state index contributed by atoms with van der Waals surface area (Å²) in [6.45, 7) is 0.338. The van der Waals surface area contributed by atoms with E-state index in [4.69, 9.17) is 4.84 Å². The average molecular weight is 336 g/mol. The number of hydrogen-bond donors (Lipinski definition) is 1. The summed E-state index contributed by atoms with van der Waals surface area (Å²) in [4.78, 5) is 50.6. The fraction of sp³-hybridized carbons (Fsp3) is 0.375. The van der Waals surface area contributed by atoms with Crippen LogP contribution >= 0.6 is 0 Å². The minimum atomic E-state index is -0.663. The zero-order valence-corrected chi connectivity index (χ0v) is 12.9. The fourth-order valence-corrected chi connectivity index (χ4v) is 2.10. The highest BCUT2D eigenvalue weighted by Gasteiger charge is 2.32. The molecule has 1 aromatic carbocycles. The Morgan fingerprint density at radius 2 is 1.71 bits per heavy atom. The number of imide groups is 1. The first-order valence-corrected chi connectivity index (χ1v) is 7.57. The summed E-state index contributed by atoms with van der Waals surface area (Å²) < 4.78 is 12.8. The lowest BCUT2D eigenvalue weighted by molar-refractivity contribution is -0.197. The zero-order chi connectivity index (χ0) is 17.5. The number of nitrogens with one attached hydrogen (secondary N) is 1. The van der Waals surface area contributed by atoms with Crippen LogP contribution in [-0.2, 0) is 19.2 Å². The van der Waals surface area contributed by atoms with E-state index in [1.807, 2.05) is 0 Å². The number of hydroxylamine groups is 2. The maximum absolute atomic E-state index is 12.8. The lowest BCUT2D eigenvalue weighted by atomic mass is 10.2. The maximum Gasteiger partial charge on any atom is 0.333 e. The van der Waals surface area contributed by atoms with Gasteiger partial charge in [-0.15, -0.1) is 5.06 Å². The van der Waals surface area contributed by atoms with Crippen LogP contribution in [0.25, 0.3) is 0 Å². The SMILES string of the molecule is O=C(CCCCNC(=O)c1ccc(F)cc1)ON1C(=O)CCC1=O. The third-order valence-electron chi connectivity index (χ3n) is 3.40. The molecule has 128 valence electrons. The second kappa shape index (κ2) is 8.19. The van der Waals surface area contributed by atoms with E-state index < -0.39 is 23.6 Å². The minimum Gasteiger partial charge on any atom is -0.352 e. The first-order valence-electron chi connectivity index (χ1n) is 7.57. The smallest absolute Gasteiger partial charge is 0.333 e. The highest BCUT2D eigenvalue weighted by atomic mass is 19.1. The predicted molar refractivity (Wildman–Crippen MR) is 79.8 cm³/mol. The van der Waals surface area contributed by atoms with Crippen LogP contribution < -0.4 is 5.32 Å². The lowest BCUT2D eigenvalue weighted by Crippen LogP contribution is -2.32. The highest BCUT2D eigenvalue weighted by molar-refractivity contribution is 6.01. The number of carbonyl (C=O) groups is 4. The summed E-state index contributed by atoms with van der Waals surface area (Å²) in [7, 11) is 0. The molecule has 1 heterocycles. The minimum absolute atomic E-state index is 0.0312. The van der Waals surface area contributed by atoms with Crippen molar-refractivity contribution >= 4 is 23.7 Å². The first kappa shape index (κ1) is 17.6. The lowest BCUT2D eigenvalue weighted by Gasteiger charge is -2.12. The van der Waals surface area contributed by atoms with Gasteiger partial charge in [0, 0.05) is 31.4 Å². The van der Waals surface area contributed by atoms with Gasteiger partial charge in [0.15, 0.2) is 0 Å². The van der Waals surface area contributed by atoms with Gasteiger partial charge in [0.25, 0.3) is 17.7 Å². The molecule has 1 fully saturated rings. The van der Waals surface area contributed by atoms with Gasteiger partial charge >= 0.3 is 5.97 Å². The van der Waals surface area contributed by atoms with Crippen LogP contribution in [0.15, 0.2) is 24.3 Å².